The van der Waals surface area contributed by atoms with Gasteiger partial charge in [0.05, 0.1) is 11.7 Å². The average molecular weight is 239 g/mol. The Morgan fingerprint density at radius 1 is 1.59 bits per heavy atom. The first-order valence-corrected chi connectivity index (χ1v) is 6.29. The zero-order chi connectivity index (χ0) is 12.3. The Balaban J connectivity index is 1.90. The molecule has 0 spiro atoms. The third kappa shape index (κ3) is 2.66. The first-order valence-electron chi connectivity index (χ1n) is 6.29. The first kappa shape index (κ1) is 12.5. The summed E-state index contributed by atoms with van der Waals surface area (Å²) in [6, 6.07) is 0. The highest BCUT2D eigenvalue weighted by molar-refractivity contribution is 4.95. The second kappa shape index (κ2) is 5.14. The van der Waals surface area contributed by atoms with Crippen LogP contribution in [-0.2, 0) is 17.7 Å². The van der Waals surface area contributed by atoms with Gasteiger partial charge in [-0.15, -0.1) is 0 Å². The van der Waals surface area contributed by atoms with Gasteiger partial charge >= 0.3 is 0 Å². The third-order valence-electron chi connectivity index (χ3n) is 3.72. The minimum absolute atomic E-state index is 0.0868. The molecule has 1 unspecified atom stereocenters. The third-order valence-corrected chi connectivity index (χ3v) is 3.72. The van der Waals surface area contributed by atoms with Gasteiger partial charge in [-0.3, -0.25) is 4.68 Å². The van der Waals surface area contributed by atoms with Gasteiger partial charge in [0.15, 0.2) is 0 Å². The maximum Gasteiger partial charge on any atom is 0.138 e. The number of hydrogen-bond acceptors (Lipinski definition) is 4. The van der Waals surface area contributed by atoms with Gasteiger partial charge in [-0.2, -0.15) is 5.10 Å². The SMILES string of the molecule is CCn1ncnc1CC(O)CC1(OC)CCC1. The Morgan fingerprint density at radius 2 is 2.35 bits per heavy atom. The molecule has 1 atom stereocenters. The van der Waals surface area contributed by atoms with Gasteiger partial charge in [0.2, 0.25) is 0 Å². The minimum Gasteiger partial charge on any atom is -0.393 e. The van der Waals surface area contributed by atoms with Crippen LogP contribution in [0.3, 0.4) is 0 Å². The Kier molecular flexibility index (Phi) is 3.79. The molecule has 1 aromatic heterocycles. The summed E-state index contributed by atoms with van der Waals surface area (Å²) >= 11 is 0. The zero-order valence-electron chi connectivity index (χ0n) is 10.6. The van der Waals surface area contributed by atoms with Crippen molar-refractivity contribution in [3.8, 4) is 0 Å². The fourth-order valence-corrected chi connectivity index (χ4v) is 2.49. The van der Waals surface area contributed by atoms with E-state index in [1.165, 1.54) is 6.42 Å². The van der Waals surface area contributed by atoms with E-state index in [4.69, 9.17) is 4.74 Å². The molecule has 1 fully saturated rings. The lowest BCUT2D eigenvalue weighted by Gasteiger charge is -2.41. The van der Waals surface area contributed by atoms with Crippen molar-refractivity contribution in [2.45, 2.75) is 57.3 Å². The molecular formula is C12H21N3O2. The summed E-state index contributed by atoms with van der Waals surface area (Å²) in [4.78, 5) is 4.18. The van der Waals surface area contributed by atoms with Gasteiger partial charge in [0, 0.05) is 26.5 Å². The van der Waals surface area contributed by atoms with E-state index in [-0.39, 0.29) is 5.60 Å². The molecule has 0 aliphatic heterocycles. The van der Waals surface area contributed by atoms with E-state index in [2.05, 4.69) is 10.1 Å². The predicted octanol–water partition coefficient (Wildman–Crippen LogP) is 1.16. The fourth-order valence-electron chi connectivity index (χ4n) is 2.49. The molecule has 96 valence electrons. The van der Waals surface area contributed by atoms with Gasteiger partial charge < -0.3 is 9.84 Å². The standard InChI is InChI=1S/C12H21N3O2/c1-3-15-11(13-9-14-15)7-10(16)8-12(17-2)5-4-6-12/h9-10,16H,3-8H2,1-2H3. The molecule has 0 saturated heterocycles. The Bertz CT molecular complexity index is 355. The molecule has 1 aromatic rings. The molecule has 2 rings (SSSR count). The smallest absolute Gasteiger partial charge is 0.138 e. The van der Waals surface area contributed by atoms with E-state index >= 15 is 0 Å². The van der Waals surface area contributed by atoms with Crippen molar-refractivity contribution in [1.82, 2.24) is 14.8 Å². The van der Waals surface area contributed by atoms with E-state index in [1.54, 1.807) is 13.4 Å². The molecule has 1 aliphatic rings. The number of aliphatic hydroxyl groups is 1. The number of aromatic nitrogens is 3. The zero-order valence-corrected chi connectivity index (χ0v) is 10.6. The van der Waals surface area contributed by atoms with Crippen LogP contribution >= 0.6 is 0 Å². The summed E-state index contributed by atoms with van der Waals surface area (Å²) < 4.78 is 7.34. The van der Waals surface area contributed by atoms with E-state index < -0.39 is 6.10 Å². The number of rotatable bonds is 6. The van der Waals surface area contributed by atoms with Crippen LogP contribution in [0.5, 0.6) is 0 Å². The van der Waals surface area contributed by atoms with E-state index in [0.29, 0.717) is 12.8 Å². The van der Waals surface area contributed by atoms with Gasteiger partial charge in [0.1, 0.15) is 12.2 Å². The van der Waals surface area contributed by atoms with E-state index in [9.17, 15) is 5.11 Å². The Labute approximate surface area is 102 Å². The van der Waals surface area contributed by atoms with Crippen molar-refractivity contribution in [2.75, 3.05) is 7.11 Å². The Hall–Kier alpha value is -0.940. The van der Waals surface area contributed by atoms with Crippen LogP contribution in [0.25, 0.3) is 0 Å². The molecule has 5 heteroatoms. The van der Waals surface area contributed by atoms with Crippen LogP contribution in [-0.4, -0.2) is 38.7 Å². The molecule has 17 heavy (non-hydrogen) atoms. The lowest BCUT2D eigenvalue weighted by molar-refractivity contribution is -0.0991. The summed E-state index contributed by atoms with van der Waals surface area (Å²) in [5.41, 5.74) is -0.0868. The molecule has 1 aliphatic carbocycles. The molecule has 1 heterocycles. The van der Waals surface area contributed by atoms with E-state index in [1.807, 2.05) is 11.6 Å². The number of hydrogen-bond donors (Lipinski definition) is 1. The van der Waals surface area contributed by atoms with Crippen LogP contribution in [0.2, 0.25) is 0 Å². The second-order valence-electron chi connectivity index (χ2n) is 4.79. The molecule has 1 saturated carbocycles. The molecule has 0 amide bonds. The number of ether oxygens (including phenoxy) is 1. The van der Waals surface area contributed by atoms with Crippen LogP contribution < -0.4 is 0 Å². The maximum atomic E-state index is 10.1. The van der Waals surface area contributed by atoms with Crippen molar-refractivity contribution >= 4 is 0 Å². The largest absolute Gasteiger partial charge is 0.393 e. The van der Waals surface area contributed by atoms with Crippen molar-refractivity contribution in [1.29, 1.82) is 0 Å². The van der Waals surface area contributed by atoms with Crippen LogP contribution in [0.15, 0.2) is 6.33 Å². The number of methoxy groups -OCH3 is 1. The maximum absolute atomic E-state index is 10.1. The van der Waals surface area contributed by atoms with Gasteiger partial charge in [-0.1, -0.05) is 0 Å². The van der Waals surface area contributed by atoms with Gasteiger partial charge in [-0.25, -0.2) is 4.98 Å². The van der Waals surface area contributed by atoms with E-state index in [0.717, 1.165) is 25.2 Å². The quantitative estimate of drug-likeness (QED) is 0.809. The number of nitrogens with zero attached hydrogens (tertiary/aromatic N) is 3. The lowest BCUT2D eigenvalue weighted by Crippen LogP contribution is -2.42. The molecule has 1 N–H and O–H groups in total. The Morgan fingerprint density at radius 3 is 2.88 bits per heavy atom. The number of aryl methyl sites for hydroxylation is 1. The summed E-state index contributed by atoms with van der Waals surface area (Å²) in [7, 11) is 1.74. The summed E-state index contributed by atoms with van der Waals surface area (Å²) in [5.74, 6) is 0.852. The summed E-state index contributed by atoms with van der Waals surface area (Å²) in [6.07, 6.45) is 5.71. The highest BCUT2D eigenvalue weighted by atomic mass is 16.5. The van der Waals surface area contributed by atoms with Crippen molar-refractivity contribution in [3.63, 3.8) is 0 Å². The monoisotopic (exact) mass is 239 g/mol. The average Bonchev–Trinajstić information content (AvgIpc) is 2.70. The lowest BCUT2D eigenvalue weighted by atomic mass is 9.76. The molecule has 0 bridgehead atoms. The van der Waals surface area contributed by atoms with Gasteiger partial charge in [-0.05, 0) is 26.2 Å². The second-order valence-corrected chi connectivity index (χ2v) is 4.79. The first-order chi connectivity index (χ1) is 8.19. The van der Waals surface area contributed by atoms with Crippen molar-refractivity contribution in [3.05, 3.63) is 12.2 Å². The molecular weight excluding hydrogens is 218 g/mol. The van der Waals surface area contributed by atoms with Crippen LogP contribution in [0.4, 0.5) is 0 Å². The predicted molar refractivity (Wildman–Crippen MR) is 63.6 cm³/mol. The fraction of sp³-hybridized carbons (Fsp3) is 0.833. The molecule has 5 nitrogen and oxygen atoms in total. The van der Waals surface area contributed by atoms with Crippen molar-refractivity contribution < 1.29 is 9.84 Å². The van der Waals surface area contributed by atoms with Crippen LogP contribution in [0, 0.1) is 0 Å². The van der Waals surface area contributed by atoms with Crippen molar-refractivity contribution in [2.24, 2.45) is 0 Å². The van der Waals surface area contributed by atoms with Crippen LogP contribution in [0.1, 0.15) is 38.4 Å². The summed E-state index contributed by atoms with van der Waals surface area (Å²) in [6.45, 7) is 2.81. The highest BCUT2D eigenvalue weighted by Crippen LogP contribution is 2.39. The molecule has 0 aromatic carbocycles. The highest BCUT2D eigenvalue weighted by Gasteiger charge is 2.38. The molecule has 0 radical (unpaired) electrons. The minimum atomic E-state index is -0.398. The number of aliphatic hydroxyl groups excluding tert-OH is 1. The van der Waals surface area contributed by atoms with Gasteiger partial charge in [0.25, 0.3) is 0 Å². The topological polar surface area (TPSA) is 60.2 Å². The normalized spacial score (nSPS) is 19.9. The summed E-state index contributed by atoms with van der Waals surface area (Å²) in [5, 5.41) is 14.2.